The summed E-state index contributed by atoms with van der Waals surface area (Å²) in [7, 11) is 0. The van der Waals surface area contributed by atoms with Crippen LogP contribution in [0.3, 0.4) is 0 Å². The number of piperidine rings is 1. The molecule has 2 rings (SSSR count). The summed E-state index contributed by atoms with van der Waals surface area (Å²) in [6.45, 7) is 6.63. The Bertz CT molecular complexity index is 395. The lowest BCUT2D eigenvalue weighted by Crippen LogP contribution is -2.34. The first kappa shape index (κ1) is 13.7. The molecule has 1 aromatic rings. The van der Waals surface area contributed by atoms with Crippen LogP contribution in [0.15, 0.2) is 18.2 Å². The highest BCUT2D eigenvalue weighted by Crippen LogP contribution is 2.31. The summed E-state index contributed by atoms with van der Waals surface area (Å²) >= 11 is 6.34. The van der Waals surface area contributed by atoms with Crippen molar-refractivity contribution in [2.45, 2.75) is 39.2 Å². The van der Waals surface area contributed by atoms with E-state index >= 15 is 0 Å². The van der Waals surface area contributed by atoms with Crippen LogP contribution in [0.2, 0.25) is 5.02 Å². The van der Waals surface area contributed by atoms with Crippen LogP contribution in [0.1, 0.15) is 32.3 Å². The smallest absolute Gasteiger partial charge is 0.0459 e. The average Bonchev–Trinajstić information content (AvgIpc) is 2.32. The van der Waals surface area contributed by atoms with Crippen LogP contribution in [0.25, 0.3) is 0 Å². The number of rotatable bonds is 3. The largest absolute Gasteiger partial charge is 0.371 e. The van der Waals surface area contributed by atoms with Gasteiger partial charge in [-0.1, -0.05) is 24.6 Å². The van der Waals surface area contributed by atoms with E-state index < -0.39 is 0 Å². The molecular formula is C15H23ClN2. The van der Waals surface area contributed by atoms with Crippen LogP contribution >= 0.6 is 11.6 Å². The normalized spacial score (nSPS) is 19.0. The molecule has 0 aromatic heterocycles. The summed E-state index contributed by atoms with van der Waals surface area (Å²) in [6.07, 6.45) is 3.38. The number of benzene rings is 1. The van der Waals surface area contributed by atoms with Crippen molar-refractivity contribution in [3.8, 4) is 0 Å². The van der Waals surface area contributed by atoms with Crippen LogP contribution in [-0.2, 0) is 6.42 Å². The van der Waals surface area contributed by atoms with E-state index in [1.54, 1.807) is 0 Å². The highest BCUT2D eigenvalue weighted by molar-refractivity contribution is 6.31. The first-order valence-corrected chi connectivity index (χ1v) is 7.23. The van der Waals surface area contributed by atoms with E-state index in [1.807, 2.05) is 19.1 Å². The molecule has 1 saturated heterocycles. The third kappa shape index (κ3) is 3.18. The number of anilines is 1. The molecule has 1 aliphatic heterocycles. The Morgan fingerprint density at radius 1 is 1.39 bits per heavy atom. The summed E-state index contributed by atoms with van der Waals surface area (Å²) < 4.78 is 0. The van der Waals surface area contributed by atoms with Crippen LogP contribution in [0, 0.1) is 5.92 Å². The van der Waals surface area contributed by atoms with Gasteiger partial charge in [0.05, 0.1) is 0 Å². The van der Waals surface area contributed by atoms with E-state index in [9.17, 15) is 0 Å². The molecule has 3 heteroatoms. The fourth-order valence-corrected chi connectivity index (χ4v) is 2.86. The Morgan fingerprint density at radius 2 is 2.06 bits per heavy atom. The van der Waals surface area contributed by atoms with E-state index in [0.29, 0.717) is 0 Å². The SMILES string of the molecule is CC(N)Cc1c(Cl)cccc1N1CCC(C)CC1. The van der Waals surface area contributed by atoms with Crippen molar-refractivity contribution in [1.82, 2.24) is 0 Å². The fraction of sp³-hybridized carbons (Fsp3) is 0.600. The van der Waals surface area contributed by atoms with Crippen molar-refractivity contribution in [1.29, 1.82) is 0 Å². The van der Waals surface area contributed by atoms with Gasteiger partial charge in [-0.3, -0.25) is 0 Å². The van der Waals surface area contributed by atoms with E-state index in [0.717, 1.165) is 30.5 Å². The van der Waals surface area contributed by atoms with Crippen LogP contribution in [0.4, 0.5) is 5.69 Å². The zero-order valence-electron chi connectivity index (χ0n) is 11.3. The molecule has 2 nitrogen and oxygen atoms in total. The second kappa shape index (κ2) is 5.94. The first-order chi connectivity index (χ1) is 8.58. The van der Waals surface area contributed by atoms with Crippen LogP contribution in [-0.4, -0.2) is 19.1 Å². The predicted molar refractivity (Wildman–Crippen MR) is 79.4 cm³/mol. The summed E-state index contributed by atoms with van der Waals surface area (Å²) in [4.78, 5) is 2.46. The standard InChI is InChI=1S/C15H23ClN2/c1-11-6-8-18(9-7-11)15-5-3-4-14(16)13(15)10-12(2)17/h3-5,11-12H,6-10,17H2,1-2H3. The summed E-state index contributed by atoms with van der Waals surface area (Å²) in [6, 6.07) is 6.34. The monoisotopic (exact) mass is 266 g/mol. The molecular weight excluding hydrogens is 244 g/mol. The van der Waals surface area contributed by atoms with Gasteiger partial charge >= 0.3 is 0 Å². The van der Waals surface area contributed by atoms with Crippen molar-refractivity contribution in [3.05, 3.63) is 28.8 Å². The number of nitrogens with two attached hydrogens (primary N) is 1. The second-order valence-corrected chi connectivity index (χ2v) is 6.00. The molecule has 1 heterocycles. The van der Waals surface area contributed by atoms with Crippen molar-refractivity contribution in [2.24, 2.45) is 11.7 Å². The maximum atomic E-state index is 6.34. The lowest BCUT2D eigenvalue weighted by Gasteiger charge is -2.34. The summed E-state index contributed by atoms with van der Waals surface area (Å²) in [5.74, 6) is 0.845. The predicted octanol–water partition coefficient (Wildman–Crippen LogP) is 3.47. The minimum Gasteiger partial charge on any atom is -0.371 e. The van der Waals surface area contributed by atoms with Crippen molar-refractivity contribution in [3.63, 3.8) is 0 Å². The molecule has 1 unspecified atom stereocenters. The van der Waals surface area contributed by atoms with E-state index in [1.165, 1.54) is 24.1 Å². The Hall–Kier alpha value is -0.730. The minimum atomic E-state index is 0.146. The Balaban J connectivity index is 2.23. The Kier molecular flexibility index (Phi) is 4.52. The third-order valence-corrected chi connectivity index (χ3v) is 4.10. The first-order valence-electron chi connectivity index (χ1n) is 6.86. The molecule has 0 aliphatic carbocycles. The minimum absolute atomic E-state index is 0.146. The topological polar surface area (TPSA) is 29.3 Å². The van der Waals surface area contributed by atoms with Gasteiger partial charge in [0.25, 0.3) is 0 Å². The van der Waals surface area contributed by atoms with Crippen molar-refractivity contribution >= 4 is 17.3 Å². The summed E-state index contributed by atoms with van der Waals surface area (Å²) in [5, 5.41) is 0.850. The van der Waals surface area contributed by atoms with Gasteiger partial charge < -0.3 is 10.6 Å². The zero-order valence-corrected chi connectivity index (χ0v) is 12.1. The molecule has 1 aliphatic rings. The van der Waals surface area contributed by atoms with Gasteiger partial charge in [-0.05, 0) is 49.8 Å². The van der Waals surface area contributed by atoms with Gasteiger partial charge in [0.2, 0.25) is 0 Å². The average molecular weight is 267 g/mol. The lowest BCUT2D eigenvalue weighted by molar-refractivity contribution is 0.438. The third-order valence-electron chi connectivity index (χ3n) is 3.74. The number of hydrogen-bond donors (Lipinski definition) is 1. The molecule has 1 aromatic carbocycles. The maximum absolute atomic E-state index is 6.34. The number of nitrogens with zero attached hydrogens (tertiary/aromatic N) is 1. The second-order valence-electron chi connectivity index (χ2n) is 5.59. The molecule has 1 atom stereocenters. The van der Waals surface area contributed by atoms with Gasteiger partial charge in [-0.2, -0.15) is 0 Å². The van der Waals surface area contributed by atoms with Gasteiger partial charge in [0, 0.05) is 29.8 Å². The van der Waals surface area contributed by atoms with Gasteiger partial charge in [-0.25, -0.2) is 0 Å². The lowest BCUT2D eigenvalue weighted by atomic mass is 9.97. The molecule has 0 saturated carbocycles. The van der Waals surface area contributed by atoms with Gasteiger partial charge in [0.15, 0.2) is 0 Å². The van der Waals surface area contributed by atoms with Crippen LogP contribution in [0.5, 0.6) is 0 Å². The fourth-order valence-electron chi connectivity index (χ4n) is 2.62. The van der Waals surface area contributed by atoms with Crippen molar-refractivity contribution < 1.29 is 0 Å². The van der Waals surface area contributed by atoms with Crippen molar-refractivity contribution in [2.75, 3.05) is 18.0 Å². The molecule has 2 N–H and O–H groups in total. The highest BCUT2D eigenvalue weighted by Gasteiger charge is 2.19. The number of hydrogen-bond acceptors (Lipinski definition) is 2. The molecule has 0 amide bonds. The van der Waals surface area contributed by atoms with E-state index in [4.69, 9.17) is 17.3 Å². The van der Waals surface area contributed by atoms with Crippen LogP contribution < -0.4 is 10.6 Å². The van der Waals surface area contributed by atoms with Gasteiger partial charge in [-0.15, -0.1) is 0 Å². The molecule has 1 fully saturated rings. The Labute approximate surface area is 115 Å². The summed E-state index contributed by atoms with van der Waals surface area (Å²) in [5.41, 5.74) is 8.43. The van der Waals surface area contributed by atoms with Gasteiger partial charge in [0.1, 0.15) is 0 Å². The van der Waals surface area contributed by atoms with E-state index in [-0.39, 0.29) is 6.04 Å². The molecule has 0 bridgehead atoms. The highest BCUT2D eigenvalue weighted by atomic mass is 35.5. The quantitative estimate of drug-likeness (QED) is 0.908. The molecule has 0 spiro atoms. The molecule has 18 heavy (non-hydrogen) atoms. The Morgan fingerprint density at radius 3 is 2.67 bits per heavy atom. The van der Waals surface area contributed by atoms with E-state index in [2.05, 4.69) is 17.9 Å². The number of halogens is 1. The molecule has 100 valence electrons. The zero-order chi connectivity index (χ0) is 13.1. The molecule has 0 radical (unpaired) electrons. The maximum Gasteiger partial charge on any atom is 0.0459 e.